The van der Waals surface area contributed by atoms with Crippen molar-refractivity contribution in [2.45, 2.75) is 18.7 Å². The van der Waals surface area contributed by atoms with E-state index in [2.05, 4.69) is 9.46 Å². The van der Waals surface area contributed by atoms with Gasteiger partial charge >= 0.3 is 0 Å². The molecular formula is C22H24Cl2N3O3PS. The van der Waals surface area contributed by atoms with Gasteiger partial charge in [0, 0.05) is 25.9 Å². The first-order valence-electron chi connectivity index (χ1n) is 9.91. The first kappa shape index (κ1) is 24.9. The Bertz CT molecular complexity index is 1080. The number of hydrogen-bond donors (Lipinski definition) is 2. The number of halogens is 2. The Kier molecular flexibility index (Phi) is 9.29. The topological polar surface area (TPSA) is 80.3 Å². The van der Waals surface area contributed by atoms with E-state index in [0.717, 1.165) is 21.4 Å². The van der Waals surface area contributed by atoms with Crippen LogP contribution in [-0.2, 0) is 9.05 Å². The Morgan fingerprint density at radius 1 is 1.03 bits per heavy atom. The maximum atomic E-state index is 9.20. The van der Waals surface area contributed by atoms with Crippen LogP contribution in [0.15, 0.2) is 64.6 Å². The van der Waals surface area contributed by atoms with Crippen LogP contribution in [0.1, 0.15) is 19.4 Å². The lowest BCUT2D eigenvalue weighted by Crippen LogP contribution is -2.18. The lowest BCUT2D eigenvalue weighted by Gasteiger charge is -2.28. The molecular weight excluding hydrogens is 488 g/mol. The second kappa shape index (κ2) is 11.9. The number of fused-ring (bicyclic) bond motifs is 1. The highest BCUT2D eigenvalue weighted by Crippen LogP contribution is 2.45. The van der Waals surface area contributed by atoms with E-state index >= 15 is 0 Å². The van der Waals surface area contributed by atoms with Crippen LogP contribution in [0.4, 0.5) is 5.69 Å². The van der Waals surface area contributed by atoms with Crippen LogP contribution in [0.3, 0.4) is 0 Å². The summed E-state index contributed by atoms with van der Waals surface area (Å²) in [6.07, 6.45) is 0.513. The number of rotatable bonds is 10. The van der Waals surface area contributed by atoms with E-state index in [4.69, 9.17) is 38.0 Å². The predicted octanol–water partition coefficient (Wildman–Crippen LogP) is 7.10. The van der Waals surface area contributed by atoms with Crippen molar-refractivity contribution >= 4 is 65.8 Å². The van der Waals surface area contributed by atoms with Crippen molar-refractivity contribution in [3.8, 4) is 0 Å². The van der Waals surface area contributed by atoms with Crippen LogP contribution in [0, 0.1) is 0 Å². The van der Waals surface area contributed by atoms with E-state index in [1.807, 2.05) is 62.4 Å². The smallest absolute Gasteiger partial charge is 0.192 e. The van der Waals surface area contributed by atoms with Gasteiger partial charge in [0.2, 0.25) is 0 Å². The van der Waals surface area contributed by atoms with Gasteiger partial charge in [-0.25, -0.2) is 0 Å². The molecule has 0 saturated carbocycles. The normalized spacial score (nSPS) is 12.0. The number of benzene rings is 3. The van der Waals surface area contributed by atoms with Gasteiger partial charge in [0.05, 0.1) is 25.2 Å². The van der Waals surface area contributed by atoms with E-state index in [9.17, 15) is 5.21 Å². The summed E-state index contributed by atoms with van der Waals surface area (Å²) in [4.78, 5) is 0.884. The molecule has 0 saturated heterocycles. The zero-order valence-corrected chi connectivity index (χ0v) is 20.9. The highest BCUT2D eigenvalue weighted by molar-refractivity contribution is 8.01. The minimum absolute atomic E-state index is 0.0551. The number of nitrogens with zero attached hydrogens (tertiary/aromatic N) is 2. The van der Waals surface area contributed by atoms with Gasteiger partial charge in [-0.05, 0) is 55.4 Å². The predicted molar refractivity (Wildman–Crippen MR) is 136 cm³/mol. The molecule has 0 aromatic heterocycles. The van der Waals surface area contributed by atoms with Gasteiger partial charge in [-0.15, -0.1) is 0 Å². The Morgan fingerprint density at radius 2 is 1.66 bits per heavy atom. The number of oxime groups is 1. The van der Waals surface area contributed by atoms with Crippen molar-refractivity contribution in [3.63, 3.8) is 0 Å². The van der Waals surface area contributed by atoms with Gasteiger partial charge in [0.1, 0.15) is 0 Å². The molecule has 3 aromatic rings. The summed E-state index contributed by atoms with van der Waals surface area (Å²) in [6.45, 7) is 5.00. The summed E-state index contributed by atoms with van der Waals surface area (Å²) < 4.78 is 13.9. The van der Waals surface area contributed by atoms with Crippen molar-refractivity contribution in [1.82, 2.24) is 0 Å². The molecule has 0 unspecified atom stereocenters. The van der Waals surface area contributed by atoms with Gasteiger partial charge in [-0.2, -0.15) is 0 Å². The molecule has 0 heterocycles. The second-order valence-electron chi connectivity index (χ2n) is 6.55. The van der Waals surface area contributed by atoms with Crippen LogP contribution < -0.4 is 10.0 Å². The largest absolute Gasteiger partial charge is 0.409 e. The van der Waals surface area contributed by atoms with Gasteiger partial charge < -0.3 is 24.3 Å². The average molecular weight is 512 g/mol. The minimum atomic E-state index is -1.16. The van der Waals surface area contributed by atoms with Gasteiger partial charge in [-0.3, -0.25) is 0 Å². The number of hydrogen-bond acceptors (Lipinski definition) is 6. The highest BCUT2D eigenvalue weighted by atomic mass is 35.5. The first-order valence-corrected chi connectivity index (χ1v) is 12.8. The molecule has 0 amide bonds. The molecule has 0 spiro atoms. The summed E-state index contributed by atoms with van der Waals surface area (Å²) in [5.74, 6) is 0.0551. The van der Waals surface area contributed by atoms with Crippen LogP contribution in [-0.4, -0.2) is 30.5 Å². The Balaban J connectivity index is 2.10. The molecule has 0 aliphatic heterocycles. The van der Waals surface area contributed by atoms with Gasteiger partial charge in [0.25, 0.3) is 0 Å². The maximum absolute atomic E-state index is 9.20. The fourth-order valence-corrected chi connectivity index (χ4v) is 6.38. The van der Waals surface area contributed by atoms with E-state index in [0.29, 0.717) is 35.1 Å². The molecule has 0 bridgehead atoms. The van der Waals surface area contributed by atoms with Crippen molar-refractivity contribution in [3.05, 3.63) is 70.2 Å². The maximum Gasteiger partial charge on any atom is 0.192 e. The molecule has 0 radical (unpaired) electrons. The molecule has 6 nitrogen and oxygen atoms in total. The van der Waals surface area contributed by atoms with Crippen molar-refractivity contribution in [1.29, 1.82) is 0 Å². The van der Waals surface area contributed by atoms with Crippen molar-refractivity contribution in [2.75, 3.05) is 23.8 Å². The second-order valence-corrected chi connectivity index (χ2v) is 9.98. The van der Waals surface area contributed by atoms with Crippen LogP contribution in [0.5, 0.6) is 0 Å². The minimum Gasteiger partial charge on any atom is -0.409 e. The van der Waals surface area contributed by atoms with E-state index in [1.54, 1.807) is 6.07 Å². The summed E-state index contributed by atoms with van der Waals surface area (Å²) in [5.41, 5.74) is 7.50. The number of amidine groups is 1. The molecule has 3 rings (SSSR count). The average Bonchev–Trinajstić information content (AvgIpc) is 2.77. The summed E-state index contributed by atoms with van der Waals surface area (Å²) in [6, 6.07) is 17.0. The summed E-state index contributed by atoms with van der Waals surface area (Å²) in [7, 11) is -1.16. The molecule has 10 heteroatoms. The lowest BCUT2D eigenvalue weighted by atomic mass is 10.0. The number of anilines is 1. The third-order valence-electron chi connectivity index (χ3n) is 4.39. The van der Waals surface area contributed by atoms with Gasteiger partial charge in [-0.1, -0.05) is 58.7 Å². The quantitative estimate of drug-likeness (QED) is 0.0754. The monoisotopic (exact) mass is 511 g/mol. The summed E-state index contributed by atoms with van der Waals surface area (Å²) >= 11 is 14.0. The summed E-state index contributed by atoms with van der Waals surface area (Å²) in [5, 5.41) is 15.3. The molecule has 3 aromatic carbocycles. The van der Waals surface area contributed by atoms with E-state index < -0.39 is 8.38 Å². The van der Waals surface area contributed by atoms with Crippen molar-refractivity contribution < 1.29 is 14.3 Å². The fraction of sp³-hybridized carbons (Fsp3) is 0.227. The standard InChI is InChI=1S/C22H24Cl2N3O3PS/c1-3-29-31(30-4-2)14-27(32-17-12-15(23)11-16(24)13-17)21-10-6-7-18-19(21)8-5-9-20(18)22(25)26-28/h5-13,28H,3-4,14H2,1-2H3,(H2,25,26). The van der Waals surface area contributed by atoms with Crippen molar-refractivity contribution in [2.24, 2.45) is 10.9 Å². The zero-order valence-electron chi connectivity index (χ0n) is 17.7. The molecule has 0 aliphatic carbocycles. The van der Waals surface area contributed by atoms with Gasteiger partial charge in [0.15, 0.2) is 14.2 Å². The Morgan fingerprint density at radius 3 is 2.28 bits per heavy atom. The fourth-order valence-electron chi connectivity index (χ4n) is 3.16. The third-order valence-corrected chi connectivity index (χ3v) is 7.62. The molecule has 0 atom stereocenters. The molecule has 0 fully saturated rings. The SMILES string of the molecule is CCOP(CN(Sc1cc(Cl)cc(Cl)c1)c1cccc2c(/C(N)=N\O)cccc12)OCC. The van der Waals surface area contributed by atoms with Crippen LogP contribution in [0.25, 0.3) is 10.8 Å². The zero-order chi connectivity index (χ0) is 23.1. The van der Waals surface area contributed by atoms with E-state index in [1.165, 1.54) is 11.9 Å². The van der Waals surface area contributed by atoms with E-state index in [-0.39, 0.29) is 5.84 Å². The Hall–Kier alpha value is -1.73. The van der Waals surface area contributed by atoms with Crippen LogP contribution >= 0.6 is 43.5 Å². The van der Waals surface area contributed by atoms with Crippen LogP contribution in [0.2, 0.25) is 10.0 Å². The molecule has 32 heavy (non-hydrogen) atoms. The highest BCUT2D eigenvalue weighted by Gasteiger charge is 2.21. The molecule has 0 aliphatic rings. The Labute approximate surface area is 203 Å². The first-order chi connectivity index (χ1) is 15.5. The molecule has 170 valence electrons. The lowest BCUT2D eigenvalue weighted by molar-refractivity contribution is 0.270. The number of nitrogens with two attached hydrogens (primary N) is 1. The molecule has 3 N–H and O–H groups in total. The third kappa shape index (κ3) is 6.19.